The zero-order valence-corrected chi connectivity index (χ0v) is 17.6. The van der Waals surface area contributed by atoms with Crippen molar-refractivity contribution >= 4 is 17.7 Å². The highest BCUT2D eigenvalue weighted by Gasteiger charge is 2.35. The van der Waals surface area contributed by atoms with Crippen LogP contribution < -0.4 is 5.56 Å². The highest BCUT2D eigenvalue weighted by molar-refractivity contribution is 6.01. The van der Waals surface area contributed by atoms with E-state index in [1.807, 2.05) is 13.8 Å². The van der Waals surface area contributed by atoms with Gasteiger partial charge in [0, 0.05) is 23.4 Å². The number of fused-ring (bicyclic) bond motifs is 1. The number of hydrogen-bond acceptors (Lipinski definition) is 6. The standard InChI is InChI=1S/C23H25NO6/c1-5-29-21(27)14-7-9-15(10-8-14)24-18-12-23(3,4)13-19(25)16(18)11-17(20(24)26)22(28)30-6-2/h7-11H,5-6,12-13H2,1-4H3. The molecule has 0 spiro atoms. The summed E-state index contributed by atoms with van der Waals surface area (Å²) in [6.07, 6.45) is 0.814. The molecule has 0 saturated carbocycles. The number of aromatic nitrogens is 1. The number of rotatable bonds is 5. The summed E-state index contributed by atoms with van der Waals surface area (Å²) in [6, 6.07) is 7.68. The van der Waals surface area contributed by atoms with E-state index in [0.29, 0.717) is 35.3 Å². The van der Waals surface area contributed by atoms with Crippen molar-refractivity contribution in [1.82, 2.24) is 4.57 Å². The van der Waals surface area contributed by atoms with Gasteiger partial charge < -0.3 is 9.47 Å². The molecule has 2 aromatic rings. The Morgan fingerprint density at radius 1 is 0.967 bits per heavy atom. The van der Waals surface area contributed by atoms with Gasteiger partial charge in [-0.2, -0.15) is 0 Å². The van der Waals surface area contributed by atoms with Crippen LogP contribution in [-0.2, 0) is 15.9 Å². The Morgan fingerprint density at radius 3 is 2.17 bits per heavy atom. The smallest absolute Gasteiger partial charge is 0.343 e. The minimum atomic E-state index is -0.764. The second-order valence-electron chi connectivity index (χ2n) is 7.99. The van der Waals surface area contributed by atoms with Crippen molar-refractivity contribution in [3.8, 4) is 5.69 Å². The Labute approximate surface area is 174 Å². The molecule has 0 amide bonds. The van der Waals surface area contributed by atoms with E-state index in [4.69, 9.17) is 9.47 Å². The lowest BCUT2D eigenvalue weighted by Gasteiger charge is -2.32. The summed E-state index contributed by atoms with van der Waals surface area (Å²) < 4.78 is 11.4. The van der Waals surface area contributed by atoms with Crippen LogP contribution in [-0.4, -0.2) is 35.5 Å². The average molecular weight is 411 g/mol. The van der Waals surface area contributed by atoms with Crippen LogP contribution >= 0.6 is 0 Å². The maximum atomic E-state index is 13.3. The molecule has 0 unspecified atom stereocenters. The summed E-state index contributed by atoms with van der Waals surface area (Å²) in [4.78, 5) is 50.4. The average Bonchev–Trinajstić information content (AvgIpc) is 2.67. The van der Waals surface area contributed by atoms with Gasteiger partial charge >= 0.3 is 11.9 Å². The van der Waals surface area contributed by atoms with Gasteiger partial charge in [0.25, 0.3) is 5.56 Å². The van der Waals surface area contributed by atoms with Gasteiger partial charge in [0.1, 0.15) is 5.56 Å². The Hall–Kier alpha value is -3.22. The van der Waals surface area contributed by atoms with Gasteiger partial charge in [0.15, 0.2) is 5.78 Å². The molecule has 0 N–H and O–H groups in total. The topological polar surface area (TPSA) is 91.7 Å². The first-order valence-corrected chi connectivity index (χ1v) is 9.95. The lowest BCUT2D eigenvalue weighted by atomic mass is 9.75. The van der Waals surface area contributed by atoms with E-state index in [1.54, 1.807) is 38.1 Å². The number of nitrogens with zero attached hydrogens (tertiary/aromatic N) is 1. The van der Waals surface area contributed by atoms with Crippen LogP contribution in [0.5, 0.6) is 0 Å². The van der Waals surface area contributed by atoms with Gasteiger partial charge in [-0.3, -0.25) is 14.2 Å². The van der Waals surface area contributed by atoms with Crippen LogP contribution in [0.2, 0.25) is 0 Å². The first kappa shape index (κ1) is 21.5. The van der Waals surface area contributed by atoms with Gasteiger partial charge in [0.2, 0.25) is 0 Å². The number of pyridine rings is 1. The first-order chi connectivity index (χ1) is 14.2. The molecular weight excluding hydrogens is 386 g/mol. The molecule has 1 aliphatic carbocycles. The molecule has 0 fully saturated rings. The summed E-state index contributed by atoms with van der Waals surface area (Å²) >= 11 is 0. The van der Waals surface area contributed by atoms with Gasteiger partial charge in [-0.1, -0.05) is 13.8 Å². The van der Waals surface area contributed by atoms with Crippen LogP contribution in [0.4, 0.5) is 0 Å². The predicted octanol–water partition coefficient (Wildman–Crippen LogP) is 3.35. The third-order valence-electron chi connectivity index (χ3n) is 5.02. The van der Waals surface area contributed by atoms with Crippen LogP contribution in [0.1, 0.15) is 70.9 Å². The van der Waals surface area contributed by atoms with Crippen LogP contribution in [0, 0.1) is 5.41 Å². The third-order valence-corrected chi connectivity index (χ3v) is 5.02. The maximum Gasteiger partial charge on any atom is 0.343 e. The minimum absolute atomic E-state index is 0.116. The Balaban J connectivity index is 2.22. The molecule has 0 atom stereocenters. The van der Waals surface area contributed by atoms with Crippen molar-refractivity contribution in [3.05, 3.63) is 63.1 Å². The molecule has 1 aliphatic rings. The summed E-state index contributed by atoms with van der Waals surface area (Å²) in [7, 11) is 0. The molecule has 7 heteroatoms. The van der Waals surface area contributed by atoms with E-state index < -0.39 is 17.5 Å². The first-order valence-electron chi connectivity index (χ1n) is 9.95. The zero-order valence-electron chi connectivity index (χ0n) is 17.6. The van der Waals surface area contributed by atoms with Gasteiger partial charge in [-0.05, 0) is 56.0 Å². The normalized spacial score (nSPS) is 14.7. The minimum Gasteiger partial charge on any atom is -0.462 e. The zero-order chi connectivity index (χ0) is 22.1. The van der Waals surface area contributed by atoms with Crippen molar-refractivity contribution in [1.29, 1.82) is 0 Å². The highest BCUT2D eigenvalue weighted by atomic mass is 16.5. The number of benzene rings is 1. The second kappa shape index (κ2) is 8.26. The number of carbonyl (C=O) groups is 3. The van der Waals surface area contributed by atoms with Crippen molar-refractivity contribution in [2.24, 2.45) is 5.41 Å². The van der Waals surface area contributed by atoms with Crippen molar-refractivity contribution in [2.75, 3.05) is 13.2 Å². The molecule has 30 heavy (non-hydrogen) atoms. The van der Waals surface area contributed by atoms with Crippen LogP contribution in [0.15, 0.2) is 35.1 Å². The summed E-state index contributed by atoms with van der Waals surface area (Å²) in [6.45, 7) is 7.67. The molecule has 1 aromatic heterocycles. The second-order valence-corrected chi connectivity index (χ2v) is 7.99. The molecule has 0 bridgehead atoms. The van der Waals surface area contributed by atoms with E-state index in [2.05, 4.69) is 0 Å². The Morgan fingerprint density at radius 2 is 1.57 bits per heavy atom. The van der Waals surface area contributed by atoms with E-state index >= 15 is 0 Å². The van der Waals surface area contributed by atoms with Gasteiger partial charge in [0.05, 0.1) is 18.8 Å². The number of Topliss-reactive ketones (excluding diaryl/α,β-unsaturated/α-hetero) is 1. The number of esters is 2. The van der Waals surface area contributed by atoms with Gasteiger partial charge in [-0.25, -0.2) is 9.59 Å². The Kier molecular flexibility index (Phi) is 5.92. The van der Waals surface area contributed by atoms with Crippen molar-refractivity contribution in [3.63, 3.8) is 0 Å². The van der Waals surface area contributed by atoms with Crippen molar-refractivity contribution in [2.45, 2.75) is 40.5 Å². The Bertz CT molecular complexity index is 1060. The third kappa shape index (κ3) is 4.06. The maximum absolute atomic E-state index is 13.3. The SMILES string of the molecule is CCOC(=O)c1ccc(-n2c3c(cc(C(=O)OCC)c2=O)C(=O)CC(C)(C)C3)cc1. The van der Waals surface area contributed by atoms with E-state index in [-0.39, 0.29) is 30.0 Å². The summed E-state index contributed by atoms with van der Waals surface area (Å²) in [5.41, 5.74) is 0.653. The monoisotopic (exact) mass is 411 g/mol. The van der Waals surface area contributed by atoms with Crippen LogP contribution in [0.3, 0.4) is 0 Å². The number of hydrogen-bond donors (Lipinski definition) is 0. The molecule has 0 saturated heterocycles. The van der Waals surface area contributed by atoms with E-state index in [1.165, 1.54) is 10.6 Å². The molecule has 3 rings (SSSR count). The molecule has 0 radical (unpaired) electrons. The van der Waals surface area contributed by atoms with E-state index in [9.17, 15) is 19.2 Å². The molecule has 0 aliphatic heterocycles. The fourth-order valence-electron chi connectivity index (χ4n) is 3.70. The summed E-state index contributed by atoms with van der Waals surface area (Å²) in [5.74, 6) is -1.35. The fraction of sp³-hybridized carbons (Fsp3) is 0.391. The van der Waals surface area contributed by atoms with Gasteiger partial charge in [-0.15, -0.1) is 0 Å². The lowest BCUT2D eigenvalue weighted by Crippen LogP contribution is -2.36. The quantitative estimate of drug-likeness (QED) is 0.701. The molecule has 1 heterocycles. The fourth-order valence-corrected chi connectivity index (χ4v) is 3.70. The molecule has 158 valence electrons. The molecular formula is C23H25NO6. The van der Waals surface area contributed by atoms with Crippen molar-refractivity contribution < 1.29 is 23.9 Å². The van der Waals surface area contributed by atoms with Crippen LogP contribution in [0.25, 0.3) is 5.69 Å². The number of ether oxygens (including phenoxy) is 2. The largest absolute Gasteiger partial charge is 0.462 e. The molecule has 1 aromatic carbocycles. The predicted molar refractivity (Wildman–Crippen MR) is 110 cm³/mol. The lowest BCUT2D eigenvalue weighted by molar-refractivity contribution is 0.0515. The van der Waals surface area contributed by atoms with E-state index in [0.717, 1.165) is 0 Å². The highest BCUT2D eigenvalue weighted by Crippen LogP contribution is 2.35. The summed E-state index contributed by atoms with van der Waals surface area (Å²) in [5, 5.41) is 0. The number of carbonyl (C=O) groups excluding carboxylic acids is 3. The molecule has 7 nitrogen and oxygen atoms in total. The number of ketones is 1.